The second kappa shape index (κ2) is 9.04. The minimum absolute atomic E-state index is 0.292. The predicted molar refractivity (Wildman–Crippen MR) is 115 cm³/mol. The molecule has 0 amide bonds. The summed E-state index contributed by atoms with van der Waals surface area (Å²) in [6, 6.07) is 22.1. The van der Waals surface area contributed by atoms with Crippen molar-refractivity contribution >= 4 is 32.4 Å². The van der Waals surface area contributed by atoms with E-state index in [1.54, 1.807) is 24.3 Å². The van der Waals surface area contributed by atoms with Gasteiger partial charge in [-0.1, -0.05) is 82.9 Å². The molecule has 1 unspecified atom stereocenters. The Hall–Kier alpha value is -2.34. The van der Waals surface area contributed by atoms with Crippen LogP contribution in [0.5, 0.6) is 0 Å². The molecule has 3 aromatic rings. The first-order chi connectivity index (χ1) is 12.9. The van der Waals surface area contributed by atoms with Gasteiger partial charge in [0.2, 0.25) is 12.7 Å². The van der Waals surface area contributed by atoms with Crippen molar-refractivity contribution in [1.82, 2.24) is 0 Å². The van der Waals surface area contributed by atoms with Crippen LogP contribution in [0.4, 0.5) is 0 Å². The standard InChI is InChI=1S/C22H21O2P.H2OP/c1-16-14-17(2)21(18(3)15-16)22(23)25(24,19-10-6-4-7-11-19)20-12-8-5-9-13-20;1-2/h4-15H,1-3H3;2H2/q;+1. The first kappa shape index (κ1) is 21.0. The minimum atomic E-state index is -3.44. The topological polar surface area (TPSA) is 51.2 Å². The third-order valence-corrected chi connectivity index (χ3v) is 7.26. The number of hydrogen-bond acceptors (Lipinski definition) is 3. The molecule has 0 bridgehead atoms. The molecule has 138 valence electrons. The molecular weight excluding hydrogens is 374 g/mol. The molecule has 1 atom stereocenters. The molecule has 5 heteroatoms. The van der Waals surface area contributed by atoms with Crippen LogP contribution < -0.4 is 10.6 Å². The highest BCUT2D eigenvalue weighted by atomic mass is 31.2. The molecule has 0 spiro atoms. The zero-order valence-electron chi connectivity index (χ0n) is 15.7. The summed E-state index contributed by atoms with van der Waals surface area (Å²) in [6.45, 7) is 5.82. The van der Waals surface area contributed by atoms with Gasteiger partial charge < -0.3 is 4.57 Å². The summed E-state index contributed by atoms with van der Waals surface area (Å²) in [4.78, 5) is 13.6. The number of hydrogen-bond donors (Lipinski definition) is 0. The SMILES string of the molecule is Cc1cc(C)c(C(=O)P(=O)(c2ccccc2)c2ccccc2)c(C)c1.O=[PH2+]. The molecular formula is C22H23O3P2+. The summed E-state index contributed by atoms with van der Waals surface area (Å²) in [5.74, 6) is 0. The van der Waals surface area contributed by atoms with Crippen LogP contribution in [0.1, 0.15) is 27.0 Å². The molecule has 27 heavy (non-hydrogen) atoms. The lowest BCUT2D eigenvalue weighted by atomic mass is 10.0. The number of benzene rings is 3. The van der Waals surface area contributed by atoms with Crippen molar-refractivity contribution in [1.29, 1.82) is 0 Å². The molecule has 0 radical (unpaired) electrons. The average Bonchev–Trinajstić information content (AvgIpc) is 2.69. The second-order valence-electron chi connectivity index (χ2n) is 6.36. The zero-order valence-corrected chi connectivity index (χ0v) is 17.7. The van der Waals surface area contributed by atoms with Crippen LogP contribution in [-0.4, -0.2) is 5.52 Å². The third-order valence-electron chi connectivity index (χ3n) is 4.42. The highest BCUT2D eigenvalue weighted by Crippen LogP contribution is 2.47. The molecule has 3 rings (SSSR count). The van der Waals surface area contributed by atoms with Crippen molar-refractivity contribution in [2.75, 3.05) is 0 Å². The number of carbonyl (C=O) groups is 1. The van der Waals surface area contributed by atoms with Gasteiger partial charge in [-0.05, 0) is 31.9 Å². The number of rotatable bonds is 4. The lowest BCUT2D eigenvalue weighted by Crippen LogP contribution is -2.23. The van der Waals surface area contributed by atoms with E-state index in [1.165, 1.54) is 9.12 Å². The van der Waals surface area contributed by atoms with Gasteiger partial charge in [-0.25, -0.2) is 0 Å². The normalized spacial score (nSPS) is 10.6. The Labute approximate surface area is 162 Å². The van der Waals surface area contributed by atoms with Gasteiger partial charge in [-0.2, -0.15) is 0 Å². The number of carbonyl (C=O) groups excluding carboxylic acids is 1. The Morgan fingerprint density at radius 2 is 1.11 bits per heavy atom. The Kier molecular flexibility index (Phi) is 7.02. The van der Waals surface area contributed by atoms with Gasteiger partial charge >= 0.3 is 9.12 Å². The molecule has 0 saturated heterocycles. The maximum atomic E-state index is 14.2. The molecule has 0 aliphatic heterocycles. The van der Waals surface area contributed by atoms with Gasteiger partial charge in [0, 0.05) is 16.2 Å². The second-order valence-corrected chi connectivity index (χ2v) is 9.02. The molecule has 0 fully saturated rings. The smallest absolute Gasteiger partial charge is 0.305 e. The summed E-state index contributed by atoms with van der Waals surface area (Å²) in [6.07, 6.45) is 0. The monoisotopic (exact) mass is 397 g/mol. The van der Waals surface area contributed by atoms with Crippen LogP contribution in [0.25, 0.3) is 0 Å². The number of aryl methyl sites for hydroxylation is 3. The Morgan fingerprint density at radius 3 is 1.48 bits per heavy atom. The third kappa shape index (κ3) is 4.16. The molecule has 0 heterocycles. The van der Waals surface area contributed by atoms with Crippen LogP contribution >= 0.6 is 16.3 Å². The van der Waals surface area contributed by atoms with Gasteiger partial charge in [-0.3, -0.25) is 4.79 Å². The van der Waals surface area contributed by atoms with Crippen LogP contribution in [-0.2, 0) is 9.13 Å². The van der Waals surface area contributed by atoms with Crippen molar-refractivity contribution in [3.8, 4) is 0 Å². The molecule has 3 nitrogen and oxygen atoms in total. The van der Waals surface area contributed by atoms with E-state index in [4.69, 9.17) is 4.57 Å². The average molecular weight is 397 g/mol. The molecule has 0 aromatic heterocycles. The van der Waals surface area contributed by atoms with E-state index in [0.717, 1.165) is 16.7 Å². The van der Waals surface area contributed by atoms with Gasteiger partial charge in [0.05, 0.1) is 0 Å². The Bertz CT molecular complexity index is 916. The predicted octanol–water partition coefficient (Wildman–Crippen LogP) is 4.97. The van der Waals surface area contributed by atoms with E-state index in [1.807, 2.05) is 69.3 Å². The van der Waals surface area contributed by atoms with Crippen LogP contribution in [0, 0.1) is 20.8 Å². The summed E-state index contributed by atoms with van der Waals surface area (Å²) in [5.41, 5.74) is 3.12. The first-order valence-corrected chi connectivity index (χ1v) is 10.7. The van der Waals surface area contributed by atoms with Crippen LogP contribution in [0.3, 0.4) is 0 Å². The highest BCUT2D eigenvalue weighted by Gasteiger charge is 2.37. The fourth-order valence-electron chi connectivity index (χ4n) is 3.33. The van der Waals surface area contributed by atoms with E-state index in [9.17, 15) is 9.36 Å². The molecule has 0 N–H and O–H groups in total. The van der Waals surface area contributed by atoms with Gasteiger partial charge in [-0.15, -0.1) is 0 Å². The highest BCUT2D eigenvalue weighted by molar-refractivity contribution is 7.93. The van der Waals surface area contributed by atoms with Crippen molar-refractivity contribution in [3.63, 3.8) is 0 Å². The summed E-state index contributed by atoms with van der Waals surface area (Å²) in [7, 11) is -2.28. The van der Waals surface area contributed by atoms with E-state index in [2.05, 4.69) is 0 Å². The van der Waals surface area contributed by atoms with Crippen LogP contribution in [0.2, 0.25) is 0 Å². The van der Waals surface area contributed by atoms with Crippen molar-refractivity contribution < 1.29 is 13.9 Å². The molecule has 0 aliphatic rings. The van der Waals surface area contributed by atoms with Crippen LogP contribution in [0.15, 0.2) is 72.8 Å². The van der Waals surface area contributed by atoms with E-state index >= 15 is 0 Å². The van der Waals surface area contributed by atoms with Crippen molar-refractivity contribution in [2.24, 2.45) is 0 Å². The van der Waals surface area contributed by atoms with E-state index < -0.39 is 7.14 Å². The maximum Gasteiger partial charge on any atom is 0.310 e. The van der Waals surface area contributed by atoms with Gasteiger partial charge in [0.1, 0.15) is 0 Å². The zero-order chi connectivity index (χ0) is 20.0. The Morgan fingerprint density at radius 1 is 0.741 bits per heavy atom. The fraction of sp³-hybridized carbons (Fsp3) is 0.136. The Balaban J connectivity index is 0.00000126. The quantitative estimate of drug-likeness (QED) is 0.584. The summed E-state index contributed by atoms with van der Waals surface area (Å²) in [5, 5.41) is 1.15. The van der Waals surface area contributed by atoms with E-state index in [0.29, 0.717) is 16.2 Å². The minimum Gasteiger partial charge on any atom is -0.305 e. The van der Waals surface area contributed by atoms with Gasteiger partial charge in [0.25, 0.3) is 0 Å². The van der Waals surface area contributed by atoms with Gasteiger partial charge in [0.15, 0.2) is 0 Å². The summed E-state index contributed by atoms with van der Waals surface area (Å²) < 4.78 is 22.3. The first-order valence-electron chi connectivity index (χ1n) is 8.52. The molecule has 0 saturated carbocycles. The molecule has 0 aliphatic carbocycles. The lowest BCUT2D eigenvalue weighted by molar-refractivity contribution is 0.107. The van der Waals surface area contributed by atoms with Crippen molar-refractivity contribution in [2.45, 2.75) is 20.8 Å². The fourth-order valence-corrected chi connectivity index (χ4v) is 5.95. The van der Waals surface area contributed by atoms with E-state index in [-0.39, 0.29) is 5.52 Å². The molecule has 3 aromatic carbocycles. The lowest BCUT2D eigenvalue weighted by Gasteiger charge is -2.20. The largest absolute Gasteiger partial charge is 0.310 e. The summed E-state index contributed by atoms with van der Waals surface area (Å²) >= 11 is 0. The maximum absolute atomic E-state index is 14.2. The van der Waals surface area contributed by atoms with Crippen molar-refractivity contribution in [3.05, 3.63) is 95.1 Å².